The first kappa shape index (κ1) is 23.6. The highest BCUT2D eigenvalue weighted by Crippen LogP contribution is 2.47. The van der Waals surface area contributed by atoms with E-state index in [-0.39, 0.29) is 6.16 Å². The van der Waals surface area contributed by atoms with Crippen LogP contribution < -0.4 is 0 Å². The third-order valence-electron chi connectivity index (χ3n) is 3.96. The van der Waals surface area contributed by atoms with E-state index in [0.29, 0.717) is 13.2 Å². The van der Waals surface area contributed by atoms with Crippen molar-refractivity contribution in [2.45, 2.75) is 90.9 Å². The minimum absolute atomic E-state index is 0.0369. The van der Waals surface area contributed by atoms with Gasteiger partial charge in [-0.2, -0.15) is 0 Å². The highest BCUT2D eigenvalue weighted by Gasteiger charge is 2.23. The Hall–Kier alpha value is -0.380. The summed E-state index contributed by atoms with van der Waals surface area (Å²) in [6, 6.07) is 0. The van der Waals surface area contributed by atoms with Crippen molar-refractivity contribution < 1.29 is 18.8 Å². The Kier molecular flexibility index (Phi) is 17.2. The van der Waals surface area contributed by atoms with Gasteiger partial charge in [0.25, 0.3) is 0 Å². The standard InChI is InChI=1S/C18H38NO4P/c1-3-5-7-9-11-13-16-22-24(21,18-15-19-20)23-17-14-12-10-8-6-4-2/h15,20H,3-14,16-18H2,1-2H3. The van der Waals surface area contributed by atoms with Crippen LogP contribution in [-0.2, 0) is 13.6 Å². The summed E-state index contributed by atoms with van der Waals surface area (Å²) in [5.74, 6) is 0. The fourth-order valence-corrected chi connectivity index (χ4v) is 3.82. The van der Waals surface area contributed by atoms with E-state index in [1.54, 1.807) is 0 Å². The van der Waals surface area contributed by atoms with Crippen LogP contribution in [-0.4, -0.2) is 30.8 Å². The van der Waals surface area contributed by atoms with Gasteiger partial charge in [0.2, 0.25) is 0 Å². The van der Waals surface area contributed by atoms with Crippen LogP contribution in [0, 0.1) is 0 Å². The van der Waals surface area contributed by atoms with E-state index in [2.05, 4.69) is 19.0 Å². The summed E-state index contributed by atoms with van der Waals surface area (Å²) in [7, 11) is -3.17. The molecule has 0 saturated carbocycles. The number of nitrogens with zero attached hydrogens (tertiary/aromatic N) is 1. The topological polar surface area (TPSA) is 68.1 Å². The molecular weight excluding hydrogens is 325 g/mol. The third-order valence-corrected chi connectivity index (χ3v) is 5.72. The van der Waals surface area contributed by atoms with Crippen molar-refractivity contribution in [2.75, 3.05) is 19.4 Å². The van der Waals surface area contributed by atoms with Gasteiger partial charge in [-0.3, -0.25) is 4.57 Å². The molecule has 0 amide bonds. The molecule has 0 aromatic rings. The Labute approximate surface area is 148 Å². The first-order chi connectivity index (χ1) is 11.7. The van der Waals surface area contributed by atoms with E-state index < -0.39 is 7.60 Å². The molecule has 0 spiro atoms. The first-order valence-electron chi connectivity index (χ1n) is 9.72. The lowest BCUT2D eigenvalue weighted by Gasteiger charge is -2.17. The van der Waals surface area contributed by atoms with Crippen LogP contribution >= 0.6 is 7.60 Å². The van der Waals surface area contributed by atoms with E-state index in [1.807, 2.05) is 0 Å². The Bertz CT molecular complexity index is 315. The smallest absolute Gasteiger partial charge is 0.336 e. The lowest BCUT2D eigenvalue weighted by Crippen LogP contribution is -2.04. The zero-order chi connectivity index (χ0) is 17.9. The van der Waals surface area contributed by atoms with Gasteiger partial charge < -0.3 is 14.3 Å². The van der Waals surface area contributed by atoms with Gasteiger partial charge in [0.05, 0.1) is 25.6 Å². The Morgan fingerprint density at radius 1 is 0.792 bits per heavy atom. The summed E-state index contributed by atoms with van der Waals surface area (Å²) >= 11 is 0. The van der Waals surface area contributed by atoms with Crippen molar-refractivity contribution in [1.29, 1.82) is 0 Å². The van der Waals surface area contributed by atoms with Crippen molar-refractivity contribution in [3.63, 3.8) is 0 Å². The van der Waals surface area contributed by atoms with Crippen molar-refractivity contribution in [1.82, 2.24) is 0 Å². The van der Waals surface area contributed by atoms with Gasteiger partial charge in [-0.15, -0.1) is 5.16 Å². The molecule has 0 aliphatic carbocycles. The van der Waals surface area contributed by atoms with E-state index in [4.69, 9.17) is 14.3 Å². The summed E-state index contributed by atoms with van der Waals surface area (Å²) < 4.78 is 23.6. The summed E-state index contributed by atoms with van der Waals surface area (Å²) in [4.78, 5) is 0. The van der Waals surface area contributed by atoms with Crippen LogP contribution in [0.5, 0.6) is 0 Å². The van der Waals surface area contributed by atoms with Crippen molar-refractivity contribution in [2.24, 2.45) is 5.16 Å². The number of hydrogen-bond acceptors (Lipinski definition) is 5. The van der Waals surface area contributed by atoms with E-state index in [0.717, 1.165) is 25.7 Å². The summed E-state index contributed by atoms with van der Waals surface area (Å²) in [5.41, 5.74) is 0. The van der Waals surface area contributed by atoms with Gasteiger partial charge in [-0.25, -0.2) is 0 Å². The van der Waals surface area contributed by atoms with Crippen LogP contribution in [0.4, 0.5) is 0 Å². The molecule has 0 fully saturated rings. The predicted octanol–water partition coefficient (Wildman–Crippen LogP) is 6.39. The average molecular weight is 363 g/mol. The summed E-state index contributed by atoms with van der Waals surface area (Å²) in [6.45, 7) is 5.28. The van der Waals surface area contributed by atoms with Gasteiger partial charge in [0.1, 0.15) is 0 Å². The Morgan fingerprint density at radius 3 is 1.62 bits per heavy atom. The molecule has 0 aliphatic heterocycles. The van der Waals surface area contributed by atoms with E-state index in [9.17, 15) is 4.57 Å². The molecule has 1 N–H and O–H groups in total. The number of oxime groups is 1. The van der Waals surface area contributed by atoms with Gasteiger partial charge >= 0.3 is 7.60 Å². The fraction of sp³-hybridized carbons (Fsp3) is 0.944. The van der Waals surface area contributed by atoms with Gasteiger partial charge in [-0.1, -0.05) is 78.1 Å². The van der Waals surface area contributed by atoms with Crippen molar-refractivity contribution in [3.05, 3.63) is 0 Å². The van der Waals surface area contributed by atoms with Gasteiger partial charge in [0, 0.05) is 0 Å². The van der Waals surface area contributed by atoms with E-state index in [1.165, 1.54) is 57.6 Å². The normalized spacial score (nSPS) is 12.2. The molecule has 0 aliphatic rings. The van der Waals surface area contributed by atoms with Crippen molar-refractivity contribution in [3.8, 4) is 0 Å². The lowest BCUT2D eigenvalue weighted by molar-refractivity contribution is 0.200. The summed E-state index contributed by atoms with van der Waals surface area (Å²) in [5, 5.41) is 11.5. The van der Waals surface area contributed by atoms with E-state index >= 15 is 0 Å². The minimum atomic E-state index is -3.17. The zero-order valence-corrected chi connectivity index (χ0v) is 16.6. The Balaban J connectivity index is 3.88. The predicted molar refractivity (Wildman–Crippen MR) is 101 cm³/mol. The van der Waals surface area contributed by atoms with Gasteiger partial charge in [-0.05, 0) is 12.8 Å². The molecule has 5 nitrogen and oxygen atoms in total. The van der Waals surface area contributed by atoms with Crippen LogP contribution in [0.15, 0.2) is 5.16 Å². The molecule has 0 atom stereocenters. The second kappa shape index (κ2) is 17.4. The van der Waals surface area contributed by atoms with Gasteiger partial charge in [0.15, 0.2) is 0 Å². The lowest BCUT2D eigenvalue weighted by atomic mass is 10.1. The molecule has 0 saturated heterocycles. The molecule has 0 bridgehead atoms. The van der Waals surface area contributed by atoms with Crippen LogP contribution in [0.25, 0.3) is 0 Å². The van der Waals surface area contributed by atoms with Crippen LogP contribution in [0.1, 0.15) is 90.9 Å². The summed E-state index contributed by atoms with van der Waals surface area (Å²) in [6.07, 6.45) is 15.1. The SMILES string of the molecule is CCCCCCCCOP(=O)(CC=NO)OCCCCCCCC. The molecule has 0 radical (unpaired) electrons. The highest BCUT2D eigenvalue weighted by atomic mass is 31.2. The quantitative estimate of drug-likeness (QED) is 0.101. The number of rotatable bonds is 18. The number of hydrogen-bond donors (Lipinski definition) is 1. The molecule has 0 rings (SSSR count). The maximum Gasteiger partial charge on any atom is 0.336 e. The molecule has 0 heterocycles. The third kappa shape index (κ3) is 15.2. The second-order valence-corrected chi connectivity index (χ2v) is 8.40. The largest absolute Gasteiger partial charge is 0.411 e. The molecule has 0 aromatic carbocycles. The Morgan fingerprint density at radius 2 is 1.21 bits per heavy atom. The zero-order valence-electron chi connectivity index (χ0n) is 15.8. The number of unbranched alkanes of at least 4 members (excludes halogenated alkanes) is 10. The molecule has 24 heavy (non-hydrogen) atoms. The molecule has 0 aromatic heterocycles. The maximum absolute atomic E-state index is 12.6. The monoisotopic (exact) mass is 363 g/mol. The first-order valence-corrected chi connectivity index (χ1v) is 11.4. The maximum atomic E-state index is 12.6. The fourth-order valence-electron chi connectivity index (χ4n) is 2.45. The molecule has 6 heteroatoms. The van der Waals surface area contributed by atoms with Crippen LogP contribution in [0.3, 0.4) is 0 Å². The molecule has 0 unspecified atom stereocenters. The molecular formula is C18H38NO4P. The second-order valence-electron chi connectivity index (χ2n) is 6.29. The highest BCUT2D eigenvalue weighted by molar-refractivity contribution is 7.54. The average Bonchev–Trinajstić information content (AvgIpc) is 2.58. The minimum Gasteiger partial charge on any atom is -0.411 e. The van der Waals surface area contributed by atoms with Crippen molar-refractivity contribution >= 4 is 13.8 Å². The molecule has 144 valence electrons. The van der Waals surface area contributed by atoms with Crippen LogP contribution in [0.2, 0.25) is 0 Å².